The molecule has 0 aliphatic rings. The van der Waals surface area contributed by atoms with E-state index < -0.39 is 0 Å². The summed E-state index contributed by atoms with van der Waals surface area (Å²) < 4.78 is 2.78. The highest BCUT2D eigenvalue weighted by atomic mass is 32.1. The molecular weight excluding hydrogens is 230 g/mol. The van der Waals surface area contributed by atoms with E-state index >= 15 is 0 Å². The maximum Gasteiger partial charge on any atom is 0.213 e. The molecule has 3 rings (SSSR count). The molecular formula is C13H13N3S. The van der Waals surface area contributed by atoms with Crippen molar-refractivity contribution in [2.75, 3.05) is 0 Å². The van der Waals surface area contributed by atoms with Gasteiger partial charge in [-0.2, -0.15) is 0 Å². The van der Waals surface area contributed by atoms with Crippen LogP contribution in [0.3, 0.4) is 0 Å². The lowest BCUT2D eigenvalue weighted by molar-refractivity contribution is 0.816. The Balaban J connectivity index is 2.49. The zero-order valence-corrected chi connectivity index (χ0v) is 10.6. The van der Waals surface area contributed by atoms with Gasteiger partial charge in [0.15, 0.2) is 0 Å². The van der Waals surface area contributed by atoms with Crippen LogP contribution in [0, 0.1) is 4.64 Å². The number of nitrogens with zero attached hydrogens (tertiary/aromatic N) is 2. The number of rotatable bonds is 1. The number of nitrogens with one attached hydrogen (secondary N) is 1. The van der Waals surface area contributed by atoms with Crippen molar-refractivity contribution in [1.29, 1.82) is 0 Å². The maximum absolute atomic E-state index is 5.44. The molecule has 0 atom stereocenters. The minimum atomic E-state index is 0.383. The lowest BCUT2D eigenvalue weighted by Gasteiger charge is -2.04. The number of hydrogen-bond acceptors (Lipinski definition) is 2. The van der Waals surface area contributed by atoms with Crippen molar-refractivity contribution in [3.8, 4) is 0 Å². The van der Waals surface area contributed by atoms with Gasteiger partial charge in [0, 0.05) is 5.69 Å². The summed E-state index contributed by atoms with van der Waals surface area (Å²) in [5.74, 6) is 1.20. The molecule has 0 saturated heterocycles. The Labute approximate surface area is 104 Å². The number of para-hydroxylation sites is 2. The molecule has 0 amide bonds. The Hall–Kier alpha value is -1.68. The van der Waals surface area contributed by atoms with E-state index in [1.807, 2.05) is 34.7 Å². The molecule has 86 valence electrons. The van der Waals surface area contributed by atoms with E-state index in [0.29, 0.717) is 5.92 Å². The summed E-state index contributed by atoms with van der Waals surface area (Å²) in [5, 5.41) is 0. The fraction of sp³-hybridized carbons (Fsp3) is 0.231. The summed E-state index contributed by atoms with van der Waals surface area (Å²) in [5.41, 5.74) is 3.17. The highest BCUT2D eigenvalue weighted by Crippen LogP contribution is 2.19. The second-order valence-electron chi connectivity index (χ2n) is 4.48. The molecule has 1 aromatic carbocycles. The van der Waals surface area contributed by atoms with Gasteiger partial charge in [-0.3, -0.25) is 4.40 Å². The summed E-state index contributed by atoms with van der Waals surface area (Å²) in [7, 11) is 0. The lowest BCUT2D eigenvalue weighted by Crippen LogP contribution is -1.98. The van der Waals surface area contributed by atoms with Gasteiger partial charge in [0.1, 0.15) is 4.64 Å². The van der Waals surface area contributed by atoms with E-state index in [0.717, 1.165) is 27.1 Å². The second-order valence-corrected chi connectivity index (χ2v) is 4.89. The molecule has 2 heterocycles. The Kier molecular flexibility index (Phi) is 2.26. The van der Waals surface area contributed by atoms with Gasteiger partial charge in [0.2, 0.25) is 5.78 Å². The zero-order chi connectivity index (χ0) is 12.0. The topological polar surface area (TPSA) is 33.1 Å². The van der Waals surface area contributed by atoms with Crippen molar-refractivity contribution >= 4 is 29.0 Å². The largest absolute Gasteiger partial charge is 0.323 e. The minimum Gasteiger partial charge on any atom is -0.323 e. The average molecular weight is 243 g/mol. The van der Waals surface area contributed by atoms with Gasteiger partial charge in [-0.25, -0.2) is 4.98 Å². The first-order chi connectivity index (χ1) is 8.16. The molecule has 0 radical (unpaired) electrons. The minimum absolute atomic E-state index is 0.383. The first-order valence-corrected chi connectivity index (χ1v) is 6.08. The SMILES string of the molecule is CC(C)c1cc(=S)n2c(n1)[nH]c1ccccc12. The van der Waals surface area contributed by atoms with Crippen LogP contribution in [0.1, 0.15) is 25.5 Å². The van der Waals surface area contributed by atoms with Gasteiger partial charge in [0.25, 0.3) is 0 Å². The molecule has 0 unspecified atom stereocenters. The molecule has 17 heavy (non-hydrogen) atoms. The molecule has 0 bridgehead atoms. The van der Waals surface area contributed by atoms with Crippen molar-refractivity contribution in [1.82, 2.24) is 14.4 Å². The van der Waals surface area contributed by atoms with E-state index in [-0.39, 0.29) is 0 Å². The average Bonchev–Trinajstić information content (AvgIpc) is 2.67. The highest BCUT2D eigenvalue weighted by Gasteiger charge is 2.08. The number of hydrogen-bond donors (Lipinski definition) is 1. The zero-order valence-electron chi connectivity index (χ0n) is 9.77. The van der Waals surface area contributed by atoms with Crippen molar-refractivity contribution in [3.05, 3.63) is 40.7 Å². The Morgan fingerprint density at radius 3 is 2.82 bits per heavy atom. The van der Waals surface area contributed by atoms with Gasteiger partial charge in [-0.1, -0.05) is 38.2 Å². The smallest absolute Gasteiger partial charge is 0.213 e. The number of H-pyrrole nitrogens is 1. The standard InChI is InChI=1S/C13H13N3S/c1-8(2)10-7-12(17)16-11-6-4-3-5-9(11)14-13(16)15-10/h3-8H,1-2H3,(H,14,15). The summed E-state index contributed by atoms with van der Waals surface area (Å²) in [6, 6.07) is 10.1. The van der Waals surface area contributed by atoms with Gasteiger partial charge in [-0.05, 0) is 24.1 Å². The van der Waals surface area contributed by atoms with Gasteiger partial charge in [0.05, 0.1) is 11.0 Å². The Morgan fingerprint density at radius 2 is 2.06 bits per heavy atom. The first-order valence-electron chi connectivity index (χ1n) is 5.67. The fourth-order valence-corrected chi connectivity index (χ4v) is 2.31. The van der Waals surface area contributed by atoms with E-state index in [9.17, 15) is 0 Å². The number of benzene rings is 1. The summed E-state index contributed by atoms with van der Waals surface area (Å²) in [6.07, 6.45) is 0. The van der Waals surface area contributed by atoms with Crippen LogP contribution in [0.25, 0.3) is 16.8 Å². The predicted molar refractivity (Wildman–Crippen MR) is 72.0 cm³/mol. The monoisotopic (exact) mass is 243 g/mol. The van der Waals surface area contributed by atoms with Crippen LogP contribution in [-0.2, 0) is 0 Å². The normalized spacial score (nSPS) is 11.7. The van der Waals surface area contributed by atoms with Crippen molar-refractivity contribution in [2.24, 2.45) is 0 Å². The van der Waals surface area contributed by atoms with Crippen LogP contribution in [0.2, 0.25) is 0 Å². The third kappa shape index (κ3) is 1.56. The van der Waals surface area contributed by atoms with Crippen molar-refractivity contribution in [2.45, 2.75) is 19.8 Å². The summed E-state index contributed by atoms with van der Waals surface area (Å²) in [4.78, 5) is 7.91. The number of aromatic nitrogens is 3. The molecule has 0 fully saturated rings. The Bertz CT molecular complexity index is 752. The van der Waals surface area contributed by atoms with Crippen LogP contribution in [0.4, 0.5) is 0 Å². The summed E-state index contributed by atoms with van der Waals surface area (Å²) in [6.45, 7) is 4.24. The molecule has 1 N–H and O–H groups in total. The quantitative estimate of drug-likeness (QED) is 0.661. The fourth-order valence-electron chi connectivity index (χ4n) is 2.01. The third-order valence-electron chi connectivity index (χ3n) is 2.92. The molecule has 3 nitrogen and oxygen atoms in total. The van der Waals surface area contributed by atoms with E-state index in [1.54, 1.807) is 0 Å². The van der Waals surface area contributed by atoms with Crippen LogP contribution in [0.15, 0.2) is 30.3 Å². The van der Waals surface area contributed by atoms with E-state index in [1.165, 1.54) is 0 Å². The van der Waals surface area contributed by atoms with Crippen LogP contribution >= 0.6 is 12.2 Å². The van der Waals surface area contributed by atoms with Crippen molar-refractivity contribution in [3.63, 3.8) is 0 Å². The summed E-state index contributed by atoms with van der Waals surface area (Å²) >= 11 is 5.44. The molecule has 0 aliphatic heterocycles. The van der Waals surface area contributed by atoms with E-state index in [2.05, 4.69) is 23.8 Å². The highest BCUT2D eigenvalue weighted by molar-refractivity contribution is 7.71. The van der Waals surface area contributed by atoms with Gasteiger partial charge in [-0.15, -0.1) is 0 Å². The van der Waals surface area contributed by atoms with Crippen molar-refractivity contribution < 1.29 is 0 Å². The molecule has 0 aliphatic carbocycles. The Morgan fingerprint density at radius 1 is 1.29 bits per heavy atom. The third-order valence-corrected chi connectivity index (χ3v) is 3.22. The molecule has 0 saturated carbocycles. The molecule has 0 spiro atoms. The second kappa shape index (κ2) is 3.67. The van der Waals surface area contributed by atoms with Gasteiger partial charge >= 0.3 is 0 Å². The van der Waals surface area contributed by atoms with Crippen LogP contribution < -0.4 is 0 Å². The molecule has 2 aromatic heterocycles. The first kappa shape index (κ1) is 10.5. The predicted octanol–water partition coefficient (Wildman–Crippen LogP) is 3.67. The molecule has 4 heteroatoms. The number of imidazole rings is 1. The number of fused-ring (bicyclic) bond motifs is 3. The van der Waals surface area contributed by atoms with Gasteiger partial charge < -0.3 is 4.98 Å². The molecule has 3 aromatic rings. The van der Waals surface area contributed by atoms with Crippen LogP contribution in [0.5, 0.6) is 0 Å². The van der Waals surface area contributed by atoms with E-state index in [4.69, 9.17) is 12.2 Å². The lowest BCUT2D eigenvalue weighted by atomic mass is 10.1. The number of aromatic amines is 1. The van der Waals surface area contributed by atoms with Crippen LogP contribution in [-0.4, -0.2) is 14.4 Å². The maximum atomic E-state index is 5.44.